The molecule has 1 heteroatoms. The topological polar surface area (TPSA) is 13.1 Å². The van der Waals surface area contributed by atoms with E-state index in [2.05, 4.69) is 105 Å². The van der Waals surface area contributed by atoms with Crippen molar-refractivity contribution in [2.45, 2.75) is 19.3 Å². The number of benzene rings is 4. The predicted octanol–water partition coefficient (Wildman–Crippen LogP) is 11.4. The zero-order chi connectivity index (χ0) is 28.1. The average Bonchev–Trinajstić information content (AvgIpc) is 3.39. The highest BCUT2D eigenvalue weighted by atomic mass is 16.3. The molecule has 0 fully saturated rings. The quantitative estimate of drug-likeness (QED) is 0.214. The van der Waals surface area contributed by atoms with Crippen LogP contribution in [0.5, 0.6) is 0 Å². The van der Waals surface area contributed by atoms with Crippen molar-refractivity contribution in [1.29, 1.82) is 0 Å². The van der Waals surface area contributed by atoms with Gasteiger partial charge in [-0.1, -0.05) is 123 Å². The van der Waals surface area contributed by atoms with Gasteiger partial charge in [-0.15, -0.1) is 0 Å². The molecule has 41 heavy (non-hydrogen) atoms. The average molecular weight is 529 g/mol. The lowest BCUT2D eigenvalue weighted by Crippen LogP contribution is -2.13. The number of hydrogen-bond donors (Lipinski definition) is 0. The van der Waals surface area contributed by atoms with E-state index < -0.39 is 0 Å². The van der Waals surface area contributed by atoms with Crippen molar-refractivity contribution < 1.29 is 4.42 Å². The summed E-state index contributed by atoms with van der Waals surface area (Å²) in [5.41, 5.74) is 12.2. The van der Waals surface area contributed by atoms with Crippen LogP contribution >= 0.6 is 0 Å². The molecule has 0 saturated heterocycles. The molecule has 0 amide bonds. The molecule has 0 bridgehead atoms. The minimum Gasteiger partial charge on any atom is -0.460 e. The molecule has 0 N–H and O–H groups in total. The molecular formula is C40H32O. The summed E-state index contributed by atoms with van der Waals surface area (Å²) in [6, 6.07) is 21.5. The molecule has 0 radical (unpaired) electrons. The largest absolute Gasteiger partial charge is 0.460 e. The van der Waals surface area contributed by atoms with Crippen molar-refractivity contribution >= 4 is 52.1 Å². The minimum absolute atomic E-state index is 0.540. The Labute approximate surface area is 241 Å². The van der Waals surface area contributed by atoms with E-state index in [1.165, 1.54) is 22.9 Å². The van der Waals surface area contributed by atoms with Crippen LogP contribution < -0.4 is 0 Å². The van der Waals surface area contributed by atoms with Crippen LogP contribution in [-0.4, -0.2) is 0 Å². The van der Waals surface area contributed by atoms with E-state index >= 15 is 0 Å². The number of hydrogen-bond acceptors (Lipinski definition) is 1. The summed E-state index contributed by atoms with van der Waals surface area (Å²) < 4.78 is 6.78. The van der Waals surface area contributed by atoms with E-state index in [0.29, 0.717) is 5.92 Å². The Morgan fingerprint density at radius 3 is 2.05 bits per heavy atom. The Hall–Kier alpha value is -4.88. The highest BCUT2D eigenvalue weighted by molar-refractivity contribution is 6.15. The van der Waals surface area contributed by atoms with Crippen LogP contribution in [-0.2, 0) is 6.42 Å². The first kappa shape index (κ1) is 25.1. The standard InChI is InChI=1S/C40H32O/c1-5-25-17-13-20-31(28(25)6-2)38-29(7-3)30(8-4)39(33-19-12-11-18-32(33)38)35-22-14-21-34-36-23-26-15-9-10-16-27(26)24-37(36)41-40(34)35/h5-9,11-15,17-23,27H,1-4,10,16,24H2. The second kappa shape index (κ2) is 9.94. The highest BCUT2D eigenvalue weighted by Crippen LogP contribution is 2.48. The molecule has 1 heterocycles. The van der Waals surface area contributed by atoms with E-state index in [4.69, 9.17) is 4.42 Å². The maximum atomic E-state index is 6.78. The number of rotatable bonds is 6. The maximum Gasteiger partial charge on any atom is 0.142 e. The molecule has 5 aromatic rings. The number of allylic oxidation sites excluding steroid dienone is 3. The van der Waals surface area contributed by atoms with Gasteiger partial charge in [-0.2, -0.15) is 0 Å². The van der Waals surface area contributed by atoms with Crippen LogP contribution in [0.1, 0.15) is 46.4 Å². The smallest absolute Gasteiger partial charge is 0.142 e. The van der Waals surface area contributed by atoms with Crippen molar-refractivity contribution in [3.05, 3.63) is 138 Å². The van der Waals surface area contributed by atoms with Gasteiger partial charge >= 0.3 is 0 Å². The zero-order valence-corrected chi connectivity index (χ0v) is 23.3. The Morgan fingerprint density at radius 1 is 0.683 bits per heavy atom. The summed E-state index contributed by atoms with van der Waals surface area (Å²) in [5, 5.41) is 3.47. The van der Waals surface area contributed by atoms with Gasteiger partial charge < -0.3 is 4.42 Å². The van der Waals surface area contributed by atoms with Crippen molar-refractivity contribution in [3.8, 4) is 22.3 Å². The molecule has 1 atom stereocenters. The second-order valence-corrected chi connectivity index (χ2v) is 10.9. The maximum absolute atomic E-state index is 6.78. The monoisotopic (exact) mass is 528 g/mol. The van der Waals surface area contributed by atoms with Crippen molar-refractivity contribution in [2.24, 2.45) is 5.92 Å². The van der Waals surface area contributed by atoms with Crippen molar-refractivity contribution in [2.75, 3.05) is 0 Å². The normalized spacial score (nSPS) is 15.7. The Balaban J connectivity index is 1.57. The summed E-state index contributed by atoms with van der Waals surface area (Å²) in [6.45, 7) is 16.8. The van der Waals surface area contributed by atoms with Gasteiger partial charge in [-0.05, 0) is 74.6 Å². The molecule has 2 aliphatic rings. The molecular weight excluding hydrogens is 496 g/mol. The van der Waals surface area contributed by atoms with E-state index in [-0.39, 0.29) is 0 Å². The number of fused-ring (bicyclic) bond motifs is 5. The van der Waals surface area contributed by atoms with Crippen LogP contribution in [0.2, 0.25) is 0 Å². The Morgan fingerprint density at radius 2 is 1.34 bits per heavy atom. The fraction of sp³-hybridized carbons (Fsp3) is 0.100. The van der Waals surface area contributed by atoms with Gasteiger partial charge in [0.25, 0.3) is 0 Å². The third kappa shape index (κ3) is 3.77. The van der Waals surface area contributed by atoms with Gasteiger partial charge in [0, 0.05) is 28.5 Å². The third-order valence-corrected chi connectivity index (χ3v) is 8.84. The molecule has 4 aromatic carbocycles. The summed E-state index contributed by atoms with van der Waals surface area (Å²) in [4.78, 5) is 0. The lowest BCUT2D eigenvalue weighted by molar-refractivity contribution is 0.469. The molecule has 7 rings (SSSR count). The van der Waals surface area contributed by atoms with Gasteiger partial charge in [0.1, 0.15) is 11.3 Å². The van der Waals surface area contributed by atoms with Crippen LogP contribution in [0, 0.1) is 5.92 Å². The fourth-order valence-electron chi connectivity index (χ4n) is 6.98. The predicted molar refractivity (Wildman–Crippen MR) is 179 cm³/mol. The second-order valence-electron chi connectivity index (χ2n) is 10.9. The molecule has 0 spiro atoms. The summed E-state index contributed by atoms with van der Waals surface area (Å²) in [6.07, 6.45) is 18.0. The van der Waals surface area contributed by atoms with Gasteiger partial charge in [-0.3, -0.25) is 0 Å². The minimum atomic E-state index is 0.540. The van der Waals surface area contributed by atoms with Crippen LogP contribution in [0.25, 0.3) is 74.4 Å². The van der Waals surface area contributed by atoms with Gasteiger partial charge in [0.05, 0.1) is 0 Å². The molecule has 2 aliphatic carbocycles. The Kier molecular flexibility index (Phi) is 6.09. The molecule has 1 unspecified atom stereocenters. The summed E-state index contributed by atoms with van der Waals surface area (Å²) in [7, 11) is 0. The van der Waals surface area contributed by atoms with Gasteiger partial charge in [0.15, 0.2) is 0 Å². The first-order chi connectivity index (χ1) is 20.2. The van der Waals surface area contributed by atoms with Crippen molar-refractivity contribution in [1.82, 2.24) is 0 Å². The molecule has 0 saturated carbocycles. The van der Waals surface area contributed by atoms with E-state index in [9.17, 15) is 0 Å². The number of furan rings is 1. The summed E-state index contributed by atoms with van der Waals surface area (Å²) in [5.74, 6) is 1.64. The zero-order valence-electron chi connectivity index (χ0n) is 23.3. The SMILES string of the molecule is C=Cc1cccc(-c2c(C=C)c(C=C)c(-c3cccc4c5c(oc34)CC3CCC=CC3=C5)c3ccccc23)c1C=C. The third-order valence-electron chi connectivity index (χ3n) is 8.84. The van der Waals surface area contributed by atoms with Crippen LogP contribution in [0.4, 0.5) is 0 Å². The van der Waals surface area contributed by atoms with Crippen molar-refractivity contribution in [3.63, 3.8) is 0 Å². The van der Waals surface area contributed by atoms with Crippen LogP contribution in [0.15, 0.2) is 109 Å². The Bertz CT molecular complexity index is 1990. The lowest BCUT2D eigenvalue weighted by Gasteiger charge is -2.24. The summed E-state index contributed by atoms with van der Waals surface area (Å²) >= 11 is 0. The fourth-order valence-corrected chi connectivity index (χ4v) is 6.98. The van der Waals surface area contributed by atoms with E-state index in [0.717, 1.165) is 79.5 Å². The highest BCUT2D eigenvalue weighted by Gasteiger charge is 2.28. The molecule has 198 valence electrons. The molecule has 1 nitrogen and oxygen atoms in total. The lowest BCUT2D eigenvalue weighted by atomic mass is 9.80. The molecule has 0 aliphatic heterocycles. The van der Waals surface area contributed by atoms with Crippen LogP contribution in [0.3, 0.4) is 0 Å². The first-order valence-corrected chi connectivity index (χ1v) is 14.3. The molecule has 1 aromatic heterocycles. The van der Waals surface area contributed by atoms with E-state index in [1.54, 1.807) is 0 Å². The number of para-hydroxylation sites is 1. The van der Waals surface area contributed by atoms with Gasteiger partial charge in [0.2, 0.25) is 0 Å². The first-order valence-electron chi connectivity index (χ1n) is 14.3. The van der Waals surface area contributed by atoms with E-state index in [1.807, 2.05) is 24.3 Å². The van der Waals surface area contributed by atoms with Gasteiger partial charge in [-0.25, -0.2) is 0 Å².